The average molecular weight is 383 g/mol. The van der Waals surface area contributed by atoms with E-state index < -0.39 is 15.4 Å². The first kappa shape index (κ1) is 20.7. The minimum absolute atomic E-state index is 0.0615. The predicted octanol–water partition coefficient (Wildman–Crippen LogP) is 2.97. The molecule has 0 saturated carbocycles. The summed E-state index contributed by atoms with van der Waals surface area (Å²) in [6.45, 7) is 9.74. The fraction of sp³-hybridized carbons (Fsp3) is 0.632. The lowest BCUT2D eigenvalue weighted by Gasteiger charge is -2.40. The molecular formula is C19H30N2O4S. The third kappa shape index (κ3) is 5.99. The molecule has 0 spiro atoms. The van der Waals surface area contributed by atoms with E-state index in [1.807, 2.05) is 32.9 Å². The van der Waals surface area contributed by atoms with Gasteiger partial charge in [-0.05, 0) is 58.2 Å². The fourth-order valence-electron chi connectivity index (χ4n) is 2.86. The number of sulfone groups is 1. The third-order valence-electron chi connectivity index (χ3n) is 4.59. The van der Waals surface area contributed by atoms with E-state index in [2.05, 4.69) is 12.2 Å². The summed E-state index contributed by atoms with van der Waals surface area (Å²) in [6, 6.07) is 6.95. The van der Waals surface area contributed by atoms with E-state index in [1.54, 1.807) is 17.0 Å². The third-order valence-corrected chi connectivity index (χ3v) is 5.72. The van der Waals surface area contributed by atoms with Crippen molar-refractivity contribution < 1.29 is 17.9 Å². The summed E-state index contributed by atoms with van der Waals surface area (Å²) in [5.41, 5.74) is 0.496. The van der Waals surface area contributed by atoms with Gasteiger partial charge in [0.25, 0.3) is 0 Å². The van der Waals surface area contributed by atoms with Crippen molar-refractivity contribution >= 4 is 15.9 Å². The van der Waals surface area contributed by atoms with Crippen LogP contribution in [0.3, 0.4) is 0 Å². The van der Waals surface area contributed by atoms with E-state index in [4.69, 9.17) is 4.74 Å². The van der Waals surface area contributed by atoms with Crippen LogP contribution in [0.1, 0.15) is 46.1 Å². The van der Waals surface area contributed by atoms with Crippen LogP contribution in [0.25, 0.3) is 0 Å². The van der Waals surface area contributed by atoms with Crippen LogP contribution in [0.4, 0.5) is 4.79 Å². The Labute approximate surface area is 156 Å². The van der Waals surface area contributed by atoms with Gasteiger partial charge in [0.05, 0.1) is 4.90 Å². The number of hydrogen-bond acceptors (Lipinski definition) is 5. The lowest BCUT2D eigenvalue weighted by Crippen LogP contribution is -2.53. The van der Waals surface area contributed by atoms with Crippen LogP contribution in [0.2, 0.25) is 0 Å². The molecule has 1 aliphatic rings. The van der Waals surface area contributed by atoms with E-state index in [-0.39, 0.29) is 11.6 Å². The van der Waals surface area contributed by atoms with E-state index in [0.29, 0.717) is 24.5 Å². The molecule has 1 aromatic carbocycles. The van der Waals surface area contributed by atoms with Crippen molar-refractivity contribution in [1.29, 1.82) is 0 Å². The Kier molecular flexibility index (Phi) is 6.02. The summed E-state index contributed by atoms with van der Waals surface area (Å²) in [5, 5.41) is 3.55. The van der Waals surface area contributed by atoms with Gasteiger partial charge in [-0.1, -0.05) is 12.1 Å². The predicted molar refractivity (Wildman–Crippen MR) is 102 cm³/mol. The smallest absolute Gasteiger partial charge is 0.410 e. The van der Waals surface area contributed by atoms with Crippen molar-refractivity contribution in [2.24, 2.45) is 0 Å². The largest absolute Gasteiger partial charge is 0.444 e. The van der Waals surface area contributed by atoms with E-state index >= 15 is 0 Å². The number of ether oxygens (including phenoxy) is 1. The maximum absolute atomic E-state index is 12.2. The topological polar surface area (TPSA) is 75.7 Å². The first-order valence-electron chi connectivity index (χ1n) is 8.90. The summed E-state index contributed by atoms with van der Waals surface area (Å²) < 4.78 is 28.5. The molecule has 0 unspecified atom stereocenters. The number of likely N-dealkylation sites (tertiary alicyclic amines) is 1. The second-order valence-corrected chi connectivity index (χ2v) is 10.3. The zero-order valence-electron chi connectivity index (χ0n) is 16.3. The first-order chi connectivity index (χ1) is 11.9. The van der Waals surface area contributed by atoms with Gasteiger partial charge >= 0.3 is 6.09 Å². The standard InChI is InChI=1S/C19H30N2O4S/c1-18(2,3)25-17(22)21-12-10-19(4,11-13-21)20-14-15-6-8-16(9-7-15)26(5,23)24/h6-9,20H,10-14H2,1-5H3. The molecule has 1 aromatic rings. The molecule has 0 aromatic heterocycles. The van der Waals surface area contributed by atoms with Crippen molar-refractivity contribution in [3.8, 4) is 0 Å². The number of rotatable bonds is 4. The molecular weight excluding hydrogens is 352 g/mol. The Morgan fingerprint density at radius 1 is 1.19 bits per heavy atom. The fourth-order valence-corrected chi connectivity index (χ4v) is 3.49. The summed E-state index contributed by atoms with van der Waals surface area (Å²) in [7, 11) is -3.16. The van der Waals surface area contributed by atoms with Crippen molar-refractivity contribution in [2.75, 3.05) is 19.3 Å². The molecule has 7 heteroatoms. The molecule has 6 nitrogen and oxygen atoms in total. The number of amides is 1. The molecule has 1 N–H and O–H groups in total. The minimum Gasteiger partial charge on any atom is -0.444 e. The second kappa shape index (κ2) is 7.56. The maximum atomic E-state index is 12.2. The first-order valence-corrected chi connectivity index (χ1v) is 10.8. The number of carbonyl (C=O) groups is 1. The SMILES string of the molecule is CC1(NCc2ccc(S(C)(=O)=O)cc2)CCN(C(=O)OC(C)(C)C)CC1. The Balaban J connectivity index is 1.86. The highest BCUT2D eigenvalue weighted by Gasteiger charge is 2.33. The molecule has 1 fully saturated rings. The second-order valence-electron chi connectivity index (χ2n) is 8.30. The monoisotopic (exact) mass is 382 g/mol. The van der Waals surface area contributed by atoms with Gasteiger partial charge in [-0.2, -0.15) is 0 Å². The zero-order chi connectivity index (χ0) is 19.6. The lowest BCUT2D eigenvalue weighted by molar-refractivity contribution is 0.0156. The Hall–Kier alpha value is -1.60. The van der Waals surface area contributed by atoms with E-state index in [9.17, 15) is 13.2 Å². The van der Waals surface area contributed by atoms with Crippen molar-refractivity contribution in [1.82, 2.24) is 10.2 Å². The molecule has 1 amide bonds. The normalized spacial score (nSPS) is 17.8. The molecule has 1 saturated heterocycles. The molecule has 0 aliphatic carbocycles. The maximum Gasteiger partial charge on any atom is 0.410 e. The highest BCUT2D eigenvalue weighted by atomic mass is 32.2. The number of nitrogens with one attached hydrogen (secondary N) is 1. The molecule has 1 aliphatic heterocycles. The number of hydrogen-bond donors (Lipinski definition) is 1. The Morgan fingerprint density at radius 2 is 1.73 bits per heavy atom. The van der Waals surface area contributed by atoms with Gasteiger partial charge in [0.15, 0.2) is 9.84 Å². The van der Waals surface area contributed by atoms with Crippen molar-refractivity contribution in [3.63, 3.8) is 0 Å². The molecule has 2 rings (SSSR count). The highest BCUT2D eigenvalue weighted by Crippen LogP contribution is 2.24. The van der Waals surface area contributed by atoms with E-state index in [1.165, 1.54) is 6.26 Å². The van der Waals surface area contributed by atoms with Gasteiger partial charge < -0.3 is 15.0 Å². The van der Waals surface area contributed by atoms with Crippen LogP contribution < -0.4 is 5.32 Å². The molecule has 0 radical (unpaired) electrons. The van der Waals surface area contributed by atoms with Gasteiger partial charge in [-0.3, -0.25) is 0 Å². The van der Waals surface area contributed by atoms with Gasteiger partial charge in [-0.15, -0.1) is 0 Å². The van der Waals surface area contributed by atoms with Crippen LogP contribution in [0.5, 0.6) is 0 Å². The number of carbonyl (C=O) groups excluding carboxylic acids is 1. The lowest BCUT2D eigenvalue weighted by atomic mass is 9.89. The number of nitrogens with zero attached hydrogens (tertiary/aromatic N) is 1. The quantitative estimate of drug-likeness (QED) is 0.866. The van der Waals surface area contributed by atoms with Crippen LogP contribution in [0, 0.1) is 0 Å². The van der Waals surface area contributed by atoms with Crippen molar-refractivity contribution in [3.05, 3.63) is 29.8 Å². The van der Waals surface area contributed by atoms with Gasteiger partial charge in [-0.25, -0.2) is 13.2 Å². The van der Waals surface area contributed by atoms with Crippen LogP contribution in [-0.4, -0.2) is 49.9 Å². The Morgan fingerprint density at radius 3 is 2.19 bits per heavy atom. The summed E-state index contributed by atoms with van der Waals surface area (Å²) in [6.07, 6.45) is 2.64. The minimum atomic E-state index is -3.16. The molecule has 1 heterocycles. The Bertz CT molecular complexity index is 728. The molecule has 26 heavy (non-hydrogen) atoms. The number of benzene rings is 1. The van der Waals surface area contributed by atoms with Gasteiger partial charge in [0.2, 0.25) is 0 Å². The van der Waals surface area contributed by atoms with Gasteiger partial charge in [0.1, 0.15) is 5.60 Å². The summed E-state index contributed by atoms with van der Waals surface area (Å²) in [4.78, 5) is 14.2. The van der Waals surface area contributed by atoms with Crippen LogP contribution in [0.15, 0.2) is 29.2 Å². The number of piperidine rings is 1. The molecule has 146 valence electrons. The van der Waals surface area contributed by atoms with Gasteiger partial charge in [0, 0.05) is 31.4 Å². The van der Waals surface area contributed by atoms with Crippen LogP contribution >= 0.6 is 0 Å². The summed E-state index contributed by atoms with van der Waals surface area (Å²) in [5.74, 6) is 0. The van der Waals surface area contributed by atoms with Crippen LogP contribution in [-0.2, 0) is 21.1 Å². The van der Waals surface area contributed by atoms with Crippen molar-refractivity contribution in [2.45, 2.75) is 63.1 Å². The highest BCUT2D eigenvalue weighted by molar-refractivity contribution is 7.90. The molecule has 0 bridgehead atoms. The molecule has 0 atom stereocenters. The van der Waals surface area contributed by atoms with E-state index in [0.717, 1.165) is 18.4 Å². The zero-order valence-corrected chi connectivity index (χ0v) is 17.1. The summed E-state index contributed by atoms with van der Waals surface area (Å²) >= 11 is 0. The average Bonchev–Trinajstić information content (AvgIpc) is 2.51.